The first-order chi connectivity index (χ1) is 8.58. The monoisotopic (exact) mass is 274 g/mol. The molecule has 0 aromatic heterocycles. The van der Waals surface area contributed by atoms with Crippen LogP contribution in [0.1, 0.15) is 66.2 Å². The van der Waals surface area contributed by atoms with E-state index in [9.17, 15) is 4.39 Å². The van der Waals surface area contributed by atoms with Crippen molar-refractivity contribution in [1.82, 2.24) is 0 Å². The average Bonchev–Trinajstić information content (AvgIpc) is 2.44. The summed E-state index contributed by atoms with van der Waals surface area (Å²) in [5.74, 6) is 0. The second-order valence-electron chi connectivity index (χ2n) is 5.87. The van der Waals surface area contributed by atoms with Gasteiger partial charge >= 0.3 is 0 Å². The third kappa shape index (κ3) is 3.35. The molecule has 3 heteroatoms. The normalized spacial score (nSPS) is 29.2. The van der Waals surface area contributed by atoms with Crippen LogP contribution in [0.2, 0.25) is 18.1 Å². The van der Waals surface area contributed by atoms with Crippen LogP contribution in [0, 0.1) is 0 Å². The Balaban J connectivity index is 2.79. The van der Waals surface area contributed by atoms with Gasteiger partial charge in [0.05, 0.1) is 5.60 Å². The molecule has 2 unspecified atom stereocenters. The number of rotatable bonds is 7. The summed E-state index contributed by atoms with van der Waals surface area (Å²) < 4.78 is 21.2. The molecule has 0 aromatic rings. The Morgan fingerprint density at radius 1 is 1.22 bits per heavy atom. The lowest BCUT2D eigenvalue weighted by molar-refractivity contribution is -0.0464. The van der Waals surface area contributed by atoms with Gasteiger partial charge in [-0.25, -0.2) is 4.39 Å². The van der Waals surface area contributed by atoms with Crippen LogP contribution in [0.25, 0.3) is 0 Å². The Bertz CT molecular complexity index is 243. The molecule has 1 nitrogen and oxygen atoms in total. The maximum Gasteiger partial charge on any atom is 0.193 e. The van der Waals surface area contributed by atoms with Gasteiger partial charge in [0.15, 0.2) is 8.32 Å². The molecule has 108 valence electrons. The molecular formula is C15H31FOSi. The van der Waals surface area contributed by atoms with E-state index in [0.717, 1.165) is 37.8 Å². The Morgan fingerprint density at radius 3 is 2.39 bits per heavy atom. The molecule has 0 radical (unpaired) electrons. The fraction of sp³-hybridized carbons (Fsp3) is 1.00. The molecule has 0 bridgehead atoms. The van der Waals surface area contributed by atoms with Gasteiger partial charge in [0.2, 0.25) is 0 Å². The molecule has 1 aliphatic rings. The summed E-state index contributed by atoms with van der Waals surface area (Å²) in [6.45, 7) is 8.71. The largest absolute Gasteiger partial charge is 0.408 e. The smallest absolute Gasteiger partial charge is 0.193 e. The number of unbranched alkanes of at least 4 members (excludes halogenated alkanes) is 1. The minimum Gasteiger partial charge on any atom is -0.408 e. The van der Waals surface area contributed by atoms with Gasteiger partial charge in [0.1, 0.15) is 6.17 Å². The quantitative estimate of drug-likeness (QED) is 0.560. The highest BCUT2D eigenvalue weighted by atomic mass is 28.4. The van der Waals surface area contributed by atoms with Crippen molar-refractivity contribution < 1.29 is 8.82 Å². The lowest BCUT2D eigenvalue weighted by atomic mass is 9.87. The molecule has 0 spiro atoms. The summed E-state index contributed by atoms with van der Waals surface area (Å²) >= 11 is 0. The predicted molar refractivity (Wildman–Crippen MR) is 79.3 cm³/mol. The zero-order valence-electron chi connectivity index (χ0n) is 12.7. The van der Waals surface area contributed by atoms with Crippen LogP contribution in [0.4, 0.5) is 4.39 Å². The summed E-state index contributed by atoms with van der Waals surface area (Å²) in [6.07, 6.45) is 4.93. The third-order valence-corrected chi connectivity index (χ3v) is 9.60. The molecule has 0 amide bonds. The fourth-order valence-corrected chi connectivity index (χ4v) is 6.98. The molecule has 1 heterocycles. The Hall–Kier alpha value is 0.107. The second-order valence-corrected chi connectivity index (χ2v) is 10.4. The maximum absolute atomic E-state index is 14.6. The van der Waals surface area contributed by atoms with Gasteiger partial charge in [0.25, 0.3) is 0 Å². The summed E-state index contributed by atoms with van der Waals surface area (Å²) in [7, 11) is -1.63. The van der Waals surface area contributed by atoms with Crippen molar-refractivity contribution >= 4 is 8.32 Å². The molecule has 0 aromatic carbocycles. The van der Waals surface area contributed by atoms with E-state index in [4.69, 9.17) is 4.43 Å². The van der Waals surface area contributed by atoms with E-state index < -0.39 is 20.1 Å². The first-order valence-corrected chi connectivity index (χ1v) is 10.4. The first-order valence-electron chi connectivity index (χ1n) is 7.92. The Morgan fingerprint density at radius 2 is 1.89 bits per heavy atom. The van der Waals surface area contributed by atoms with Crippen molar-refractivity contribution in [3.05, 3.63) is 0 Å². The van der Waals surface area contributed by atoms with Crippen LogP contribution in [-0.4, -0.2) is 20.1 Å². The Labute approximate surface area is 114 Å². The van der Waals surface area contributed by atoms with Gasteiger partial charge in [-0.1, -0.05) is 47.0 Å². The van der Waals surface area contributed by atoms with Crippen LogP contribution in [0.15, 0.2) is 0 Å². The molecule has 1 fully saturated rings. The van der Waals surface area contributed by atoms with E-state index in [-0.39, 0.29) is 0 Å². The molecule has 0 saturated carbocycles. The second kappa shape index (κ2) is 7.04. The van der Waals surface area contributed by atoms with Gasteiger partial charge in [-0.15, -0.1) is 0 Å². The molecular weight excluding hydrogens is 243 g/mol. The van der Waals surface area contributed by atoms with Crippen molar-refractivity contribution in [2.24, 2.45) is 0 Å². The fourth-order valence-electron chi connectivity index (χ4n) is 3.33. The first kappa shape index (κ1) is 16.2. The summed E-state index contributed by atoms with van der Waals surface area (Å²) in [4.78, 5) is 0. The maximum atomic E-state index is 14.6. The molecule has 1 saturated heterocycles. The van der Waals surface area contributed by atoms with Crippen molar-refractivity contribution in [3.63, 3.8) is 0 Å². The van der Waals surface area contributed by atoms with Crippen molar-refractivity contribution in [2.75, 3.05) is 0 Å². The van der Waals surface area contributed by atoms with E-state index in [2.05, 4.69) is 27.7 Å². The molecule has 1 rings (SSSR count). The number of hydrogen-bond donors (Lipinski definition) is 0. The summed E-state index contributed by atoms with van der Waals surface area (Å²) in [5, 5.41) is 0. The summed E-state index contributed by atoms with van der Waals surface area (Å²) in [6, 6.07) is 3.53. The lowest BCUT2D eigenvalue weighted by Gasteiger charge is -2.48. The summed E-state index contributed by atoms with van der Waals surface area (Å²) in [5.41, 5.74) is -0.439. The number of alkyl halides is 1. The zero-order chi connectivity index (χ0) is 13.6. The molecule has 18 heavy (non-hydrogen) atoms. The lowest BCUT2D eigenvalue weighted by Crippen LogP contribution is -2.55. The van der Waals surface area contributed by atoms with Crippen molar-refractivity contribution in [3.8, 4) is 0 Å². The van der Waals surface area contributed by atoms with E-state index in [1.165, 1.54) is 12.5 Å². The minimum absolute atomic E-state index is 0.439. The van der Waals surface area contributed by atoms with E-state index in [0.29, 0.717) is 6.42 Å². The average molecular weight is 274 g/mol. The van der Waals surface area contributed by atoms with Crippen LogP contribution in [-0.2, 0) is 4.43 Å². The van der Waals surface area contributed by atoms with Gasteiger partial charge in [-0.2, -0.15) is 0 Å². The molecule has 2 atom stereocenters. The van der Waals surface area contributed by atoms with E-state index >= 15 is 0 Å². The van der Waals surface area contributed by atoms with Gasteiger partial charge in [-0.05, 0) is 37.4 Å². The topological polar surface area (TPSA) is 9.23 Å². The molecule has 1 aliphatic heterocycles. The highest BCUT2D eigenvalue weighted by molar-refractivity contribution is 6.73. The van der Waals surface area contributed by atoms with Gasteiger partial charge in [0, 0.05) is 0 Å². The van der Waals surface area contributed by atoms with E-state index in [1.807, 2.05) is 0 Å². The van der Waals surface area contributed by atoms with Crippen molar-refractivity contribution in [2.45, 2.75) is 96.1 Å². The predicted octanol–water partition coefficient (Wildman–Crippen LogP) is 5.46. The van der Waals surface area contributed by atoms with Crippen molar-refractivity contribution in [1.29, 1.82) is 0 Å². The van der Waals surface area contributed by atoms with Crippen LogP contribution in [0.3, 0.4) is 0 Å². The highest BCUT2D eigenvalue weighted by Crippen LogP contribution is 2.43. The molecule has 0 aliphatic carbocycles. The van der Waals surface area contributed by atoms with Gasteiger partial charge in [-0.3, -0.25) is 0 Å². The van der Waals surface area contributed by atoms with Gasteiger partial charge < -0.3 is 4.43 Å². The number of hydrogen-bond acceptors (Lipinski definition) is 1. The number of halogens is 1. The van der Waals surface area contributed by atoms with Crippen LogP contribution >= 0.6 is 0 Å². The SMILES string of the molecule is CCCCC(F)C1(CC)CCC[Si](CC)(CC)O1. The van der Waals surface area contributed by atoms with E-state index in [1.54, 1.807) is 0 Å². The Kier molecular flexibility index (Phi) is 6.32. The highest BCUT2D eigenvalue weighted by Gasteiger charge is 2.48. The molecule has 0 N–H and O–H groups in total. The zero-order valence-corrected chi connectivity index (χ0v) is 13.7. The van der Waals surface area contributed by atoms with Crippen LogP contribution < -0.4 is 0 Å². The van der Waals surface area contributed by atoms with Crippen LogP contribution in [0.5, 0.6) is 0 Å². The third-order valence-electron chi connectivity index (χ3n) is 4.92. The minimum atomic E-state index is -1.63. The standard InChI is InChI=1S/C15H31FOSi/c1-5-9-11-14(16)15(6-2)12-10-13-18(7-3,8-4)17-15/h14H,5-13H2,1-4H3.